The van der Waals surface area contributed by atoms with Crippen LogP contribution < -0.4 is 10.1 Å². The molecule has 5 heteroatoms. The molecule has 0 aliphatic carbocycles. The van der Waals surface area contributed by atoms with Crippen molar-refractivity contribution in [2.75, 3.05) is 5.32 Å². The Bertz CT molecular complexity index is 460. The van der Waals surface area contributed by atoms with Gasteiger partial charge in [-0.3, -0.25) is 4.79 Å². The number of ether oxygens (including phenoxy) is 1. The van der Waals surface area contributed by atoms with Crippen molar-refractivity contribution in [1.29, 1.82) is 0 Å². The van der Waals surface area contributed by atoms with Crippen molar-refractivity contribution in [1.82, 2.24) is 0 Å². The van der Waals surface area contributed by atoms with Gasteiger partial charge in [0.15, 0.2) is 17.7 Å². The number of anilines is 1. The van der Waals surface area contributed by atoms with E-state index in [1.54, 1.807) is 0 Å². The van der Waals surface area contributed by atoms with Crippen LogP contribution in [-0.4, -0.2) is 12.0 Å². The zero-order valence-corrected chi connectivity index (χ0v) is 9.59. The molecule has 1 amide bonds. The van der Waals surface area contributed by atoms with Crippen LogP contribution in [0.2, 0.25) is 0 Å². The van der Waals surface area contributed by atoms with Crippen molar-refractivity contribution >= 4 is 11.6 Å². The van der Waals surface area contributed by atoms with Gasteiger partial charge in [-0.05, 0) is 12.3 Å². The Balaban J connectivity index is 2.28. The lowest BCUT2D eigenvalue weighted by Gasteiger charge is -2.26. The van der Waals surface area contributed by atoms with E-state index in [1.165, 1.54) is 0 Å². The second-order valence-electron chi connectivity index (χ2n) is 4.49. The molecule has 0 saturated carbocycles. The van der Waals surface area contributed by atoms with Crippen LogP contribution in [0, 0.1) is 17.6 Å². The number of carbonyl (C=O) groups is 1. The molecule has 1 aliphatic rings. The SMILES string of the molecule is CC(C)CC1Oc2cc(F)c(F)cc2NC1=O. The van der Waals surface area contributed by atoms with E-state index >= 15 is 0 Å². The van der Waals surface area contributed by atoms with E-state index in [1.807, 2.05) is 13.8 Å². The fraction of sp³-hybridized carbons (Fsp3) is 0.417. The normalized spacial score (nSPS) is 18.6. The second kappa shape index (κ2) is 4.31. The minimum absolute atomic E-state index is 0.175. The molecule has 92 valence electrons. The monoisotopic (exact) mass is 241 g/mol. The highest BCUT2D eigenvalue weighted by Crippen LogP contribution is 2.32. The van der Waals surface area contributed by atoms with E-state index in [4.69, 9.17) is 4.74 Å². The van der Waals surface area contributed by atoms with Gasteiger partial charge in [-0.15, -0.1) is 0 Å². The summed E-state index contributed by atoms with van der Waals surface area (Å²) in [7, 11) is 0. The van der Waals surface area contributed by atoms with Gasteiger partial charge in [0, 0.05) is 12.1 Å². The first kappa shape index (κ1) is 11.8. The number of carbonyl (C=O) groups excluding carboxylic acids is 1. The van der Waals surface area contributed by atoms with Crippen LogP contribution >= 0.6 is 0 Å². The summed E-state index contributed by atoms with van der Waals surface area (Å²) in [5.74, 6) is -1.86. The lowest BCUT2D eigenvalue weighted by atomic mass is 10.0. The molecule has 2 rings (SSSR count). The van der Waals surface area contributed by atoms with Crippen LogP contribution in [0.1, 0.15) is 20.3 Å². The number of halogens is 2. The molecule has 1 aromatic carbocycles. The van der Waals surface area contributed by atoms with Crippen molar-refractivity contribution in [3.8, 4) is 5.75 Å². The standard InChI is InChI=1S/C12H13F2NO2/c1-6(2)3-11-12(16)15-9-4-7(13)8(14)5-10(9)17-11/h4-6,11H,3H2,1-2H3,(H,15,16). The molecule has 1 heterocycles. The maximum Gasteiger partial charge on any atom is 0.265 e. The zero-order chi connectivity index (χ0) is 12.6. The van der Waals surface area contributed by atoms with E-state index in [0.717, 1.165) is 12.1 Å². The van der Waals surface area contributed by atoms with Crippen molar-refractivity contribution in [2.24, 2.45) is 5.92 Å². The van der Waals surface area contributed by atoms with Gasteiger partial charge in [-0.2, -0.15) is 0 Å². The van der Waals surface area contributed by atoms with Gasteiger partial charge in [0.1, 0.15) is 5.75 Å². The molecule has 1 atom stereocenters. The van der Waals surface area contributed by atoms with Crippen molar-refractivity contribution in [3.63, 3.8) is 0 Å². The third kappa shape index (κ3) is 2.38. The zero-order valence-electron chi connectivity index (χ0n) is 9.59. The number of rotatable bonds is 2. The van der Waals surface area contributed by atoms with Gasteiger partial charge in [-0.1, -0.05) is 13.8 Å². The molecule has 1 N–H and O–H groups in total. The summed E-state index contributed by atoms with van der Waals surface area (Å²) in [6.07, 6.45) is -0.114. The number of hydrogen-bond donors (Lipinski definition) is 1. The van der Waals surface area contributed by atoms with E-state index in [-0.39, 0.29) is 23.3 Å². The van der Waals surface area contributed by atoms with Crippen LogP contribution in [0.3, 0.4) is 0 Å². The summed E-state index contributed by atoms with van der Waals surface area (Å²) >= 11 is 0. The maximum absolute atomic E-state index is 13.0. The van der Waals surface area contributed by atoms with Gasteiger partial charge in [0.2, 0.25) is 0 Å². The molecule has 17 heavy (non-hydrogen) atoms. The Morgan fingerprint density at radius 3 is 2.65 bits per heavy atom. The molecule has 0 fully saturated rings. The first-order chi connectivity index (χ1) is 7.97. The highest BCUT2D eigenvalue weighted by atomic mass is 19.2. The summed E-state index contributed by atoms with van der Waals surface area (Å²) < 4.78 is 31.4. The molecule has 0 bridgehead atoms. The van der Waals surface area contributed by atoms with Crippen LogP contribution in [0.25, 0.3) is 0 Å². The van der Waals surface area contributed by atoms with Gasteiger partial charge >= 0.3 is 0 Å². The fourth-order valence-electron chi connectivity index (χ4n) is 1.73. The van der Waals surface area contributed by atoms with Crippen LogP contribution in [0.15, 0.2) is 12.1 Å². The molecule has 1 aliphatic heterocycles. The van der Waals surface area contributed by atoms with Crippen LogP contribution in [0.5, 0.6) is 5.75 Å². The van der Waals surface area contributed by atoms with Crippen LogP contribution in [-0.2, 0) is 4.79 Å². The lowest BCUT2D eigenvalue weighted by Crippen LogP contribution is -2.38. The third-order valence-corrected chi connectivity index (χ3v) is 2.53. The van der Waals surface area contributed by atoms with Crippen molar-refractivity contribution < 1.29 is 18.3 Å². The van der Waals surface area contributed by atoms with E-state index in [2.05, 4.69) is 5.32 Å². The lowest BCUT2D eigenvalue weighted by molar-refractivity contribution is -0.124. The van der Waals surface area contributed by atoms with E-state index in [9.17, 15) is 13.6 Å². The molecule has 1 aromatic rings. The average molecular weight is 241 g/mol. The second-order valence-corrected chi connectivity index (χ2v) is 4.49. The number of hydrogen-bond acceptors (Lipinski definition) is 2. The minimum atomic E-state index is -1.00. The summed E-state index contributed by atoms with van der Waals surface area (Å²) in [4.78, 5) is 11.6. The third-order valence-electron chi connectivity index (χ3n) is 2.53. The molecule has 0 saturated heterocycles. The molecular formula is C12H13F2NO2. The van der Waals surface area contributed by atoms with Gasteiger partial charge < -0.3 is 10.1 Å². The first-order valence-corrected chi connectivity index (χ1v) is 5.44. The van der Waals surface area contributed by atoms with Crippen molar-refractivity contribution in [2.45, 2.75) is 26.4 Å². The molecule has 1 unspecified atom stereocenters. The average Bonchev–Trinajstić information content (AvgIpc) is 2.22. The Kier molecular flexibility index (Phi) is 3.00. The smallest absolute Gasteiger partial charge is 0.265 e. The largest absolute Gasteiger partial charge is 0.478 e. The number of fused-ring (bicyclic) bond motifs is 1. The Labute approximate surface area is 97.8 Å². The predicted molar refractivity (Wildman–Crippen MR) is 58.9 cm³/mol. The fourth-order valence-corrected chi connectivity index (χ4v) is 1.73. The van der Waals surface area contributed by atoms with Gasteiger partial charge in [0.25, 0.3) is 5.91 Å². The minimum Gasteiger partial charge on any atom is -0.478 e. The molecule has 3 nitrogen and oxygen atoms in total. The Hall–Kier alpha value is -1.65. The van der Waals surface area contributed by atoms with E-state index < -0.39 is 17.7 Å². The topological polar surface area (TPSA) is 38.3 Å². The predicted octanol–water partition coefficient (Wildman–Crippen LogP) is 2.71. The summed E-state index contributed by atoms with van der Waals surface area (Å²) in [6.45, 7) is 3.91. The quantitative estimate of drug-likeness (QED) is 0.864. The molecule has 0 aromatic heterocycles. The number of amides is 1. The highest BCUT2D eigenvalue weighted by molar-refractivity contribution is 5.97. The van der Waals surface area contributed by atoms with E-state index in [0.29, 0.717) is 6.42 Å². The Morgan fingerprint density at radius 1 is 1.35 bits per heavy atom. The number of benzene rings is 1. The number of nitrogens with one attached hydrogen (secondary N) is 1. The molecule has 0 radical (unpaired) electrons. The van der Waals surface area contributed by atoms with Gasteiger partial charge in [-0.25, -0.2) is 8.78 Å². The van der Waals surface area contributed by atoms with Crippen molar-refractivity contribution in [3.05, 3.63) is 23.8 Å². The maximum atomic E-state index is 13.0. The molecular weight excluding hydrogens is 228 g/mol. The summed E-state index contributed by atoms with van der Waals surface area (Å²) in [5.41, 5.74) is 0.175. The molecule has 0 spiro atoms. The Morgan fingerprint density at radius 2 is 2.00 bits per heavy atom. The highest BCUT2D eigenvalue weighted by Gasteiger charge is 2.29. The summed E-state index contributed by atoms with van der Waals surface area (Å²) in [5, 5.41) is 2.51. The van der Waals surface area contributed by atoms with Crippen LogP contribution in [0.4, 0.5) is 14.5 Å². The van der Waals surface area contributed by atoms with Gasteiger partial charge in [0.05, 0.1) is 5.69 Å². The summed E-state index contributed by atoms with van der Waals surface area (Å²) in [6, 6.07) is 1.88. The first-order valence-electron chi connectivity index (χ1n) is 5.44.